The number of nitrogens with two attached hydrogens (primary N) is 1. The predicted octanol–water partition coefficient (Wildman–Crippen LogP) is 3.34. The summed E-state index contributed by atoms with van der Waals surface area (Å²) in [5, 5.41) is 5.44. The topological polar surface area (TPSA) is 55.1 Å². The number of benzene rings is 1. The molecule has 0 saturated heterocycles. The van der Waals surface area contributed by atoms with Crippen molar-refractivity contribution in [2.24, 2.45) is 0 Å². The summed E-state index contributed by atoms with van der Waals surface area (Å²) in [5.41, 5.74) is 6.65. The number of thiophene rings is 1. The molecule has 3 N–H and O–H groups in total. The van der Waals surface area contributed by atoms with Crippen molar-refractivity contribution in [3.8, 4) is 0 Å². The summed E-state index contributed by atoms with van der Waals surface area (Å²) in [5.74, 6) is -0.154. The molecular weight excluding hydrogens is 280 g/mol. The van der Waals surface area contributed by atoms with Crippen molar-refractivity contribution >= 4 is 34.5 Å². The lowest BCUT2D eigenvalue weighted by atomic mass is 10.1. The van der Waals surface area contributed by atoms with Crippen LogP contribution in [-0.2, 0) is 6.42 Å². The van der Waals surface area contributed by atoms with Gasteiger partial charge in [-0.15, -0.1) is 11.3 Å². The molecule has 2 aromatic rings. The Morgan fingerprint density at radius 3 is 2.89 bits per heavy atom. The van der Waals surface area contributed by atoms with E-state index in [1.807, 2.05) is 18.4 Å². The normalized spacial score (nSPS) is 12.1. The van der Waals surface area contributed by atoms with Crippen LogP contribution in [0.25, 0.3) is 0 Å². The molecule has 0 aliphatic rings. The second-order valence-electron chi connectivity index (χ2n) is 4.43. The third kappa shape index (κ3) is 3.98. The Hall–Kier alpha value is -1.52. The maximum atomic E-state index is 12.1. The van der Waals surface area contributed by atoms with Crippen LogP contribution in [0.4, 0.5) is 5.69 Å². The number of nitrogens with one attached hydrogen (secondary N) is 1. The Kier molecular flexibility index (Phi) is 4.45. The van der Waals surface area contributed by atoms with Crippen LogP contribution < -0.4 is 11.1 Å². The van der Waals surface area contributed by atoms with Gasteiger partial charge >= 0.3 is 0 Å². The van der Waals surface area contributed by atoms with E-state index < -0.39 is 0 Å². The number of carbonyl (C=O) groups is 1. The lowest BCUT2D eigenvalue weighted by molar-refractivity contribution is 0.0940. The summed E-state index contributed by atoms with van der Waals surface area (Å²) < 4.78 is 0. The van der Waals surface area contributed by atoms with E-state index in [2.05, 4.69) is 11.4 Å². The molecule has 100 valence electrons. The van der Waals surface area contributed by atoms with Crippen molar-refractivity contribution in [3.05, 3.63) is 51.2 Å². The van der Waals surface area contributed by atoms with Gasteiger partial charge in [0.15, 0.2) is 0 Å². The average Bonchev–Trinajstić information content (AvgIpc) is 2.80. The molecule has 1 atom stereocenters. The molecule has 0 saturated carbocycles. The van der Waals surface area contributed by atoms with Gasteiger partial charge in [0, 0.05) is 33.6 Å². The SMILES string of the molecule is CC(Cc1cccs1)NC(=O)c1cc(N)cc(Cl)c1. The lowest BCUT2D eigenvalue weighted by Crippen LogP contribution is -2.33. The van der Waals surface area contributed by atoms with Crippen molar-refractivity contribution in [1.29, 1.82) is 0 Å². The zero-order valence-corrected chi connectivity index (χ0v) is 12.1. The Morgan fingerprint density at radius 2 is 2.26 bits per heavy atom. The minimum absolute atomic E-state index is 0.0614. The van der Waals surface area contributed by atoms with Gasteiger partial charge in [-0.05, 0) is 36.6 Å². The molecule has 0 spiro atoms. The van der Waals surface area contributed by atoms with E-state index in [0.717, 1.165) is 6.42 Å². The monoisotopic (exact) mass is 294 g/mol. The highest BCUT2D eigenvalue weighted by molar-refractivity contribution is 7.09. The predicted molar refractivity (Wildman–Crippen MR) is 80.8 cm³/mol. The fraction of sp³-hybridized carbons (Fsp3) is 0.214. The molecule has 0 aliphatic heterocycles. The molecule has 0 aliphatic carbocycles. The third-order valence-corrected chi connectivity index (χ3v) is 3.76. The lowest BCUT2D eigenvalue weighted by Gasteiger charge is -2.13. The summed E-state index contributed by atoms with van der Waals surface area (Å²) in [6, 6.07) is 8.99. The van der Waals surface area contributed by atoms with Crippen LogP contribution in [0.15, 0.2) is 35.7 Å². The molecule has 1 aromatic heterocycles. The van der Waals surface area contributed by atoms with E-state index in [1.165, 1.54) is 4.88 Å². The first-order valence-corrected chi connectivity index (χ1v) is 7.19. The average molecular weight is 295 g/mol. The van der Waals surface area contributed by atoms with Gasteiger partial charge in [-0.2, -0.15) is 0 Å². The first-order chi connectivity index (χ1) is 9.04. The molecule has 2 rings (SSSR count). The molecule has 19 heavy (non-hydrogen) atoms. The van der Waals surface area contributed by atoms with Gasteiger partial charge in [0.2, 0.25) is 0 Å². The van der Waals surface area contributed by atoms with E-state index in [0.29, 0.717) is 16.3 Å². The van der Waals surface area contributed by atoms with Crippen molar-refractivity contribution < 1.29 is 4.79 Å². The Morgan fingerprint density at radius 1 is 1.47 bits per heavy atom. The number of rotatable bonds is 4. The van der Waals surface area contributed by atoms with Crippen LogP contribution in [0.1, 0.15) is 22.2 Å². The Balaban J connectivity index is 2.00. The van der Waals surface area contributed by atoms with Crippen LogP contribution in [0.3, 0.4) is 0 Å². The molecular formula is C14H15ClN2OS. The van der Waals surface area contributed by atoms with Crippen molar-refractivity contribution in [2.75, 3.05) is 5.73 Å². The number of hydrogen-bond acceptors (Lipinski definition) is 3. The smallest absolute Gasteiger partial charge is 0.251 e. The molecule has 1 aromatic carbocycles. The molecule has 5 heteroatoms. The van der Waals surface area contributed by atoms with Gasteiger partial charge in [0.25, 0.3) is 5.91 Å². The summed E-state index contributed by atoms with van der Waals surface area (Å²) in [6.45, 7) is 1.98. The summed E-state index contributed by atoms with van der Waals surface area (Å²) in [7, 11) is 0. The highest BCUT2D eigenvalue weighted by Crippen LogP contribution is 2.17. The molecule has 3 nitrogen and oxygen atoms in total. The van der Waals surface area contributed by atoms with Gasteiger partial charge in [-0.1, -0.05) is 17.7 Å². The number of amides is 1. The van der Waals surface area contributed by atoms with Crippen molar-refractivity contribution in [2.45, 2.75) is 19.4 Å². The number of halogens is 1. The first-order valence-electron chi connectivity index (χ1n) is 5.94. The van der Waals surface area contributed by atoms with E-state index >= 15 is 0 Å². The minimum atomic E-state index is -0.154. The number of anilines is 1. The maximum Gasteiger partial charge on any atom is 0.251 e. The van der Waals surface area contributed by atoms with Crippen LogP contribution >= 0.6 is 22.9 Å². The van der Waals surface area contributed by atoms with E-state index in [1.54, 1.807) is 29.5 Å². The number of nitrogen functional groups attached to an aromatic ring is 1. The van der Waals surface area contributed by atoms with Crippen LogP contribution in [0.2, 0.25) is 5.02 Å². The molecule has 0 bridgehead atoms. The molecule has 0 fully saturated rings. The second-order valence-corrected chi connectivity index (χ2v) is 5.90. The van der Waals surface area contributed by atoms with Crippen LogP contribution in [0.5, 0.6) is 0 Å². The molecule has 1 unspecified atom stereocenters. The summed E-state index contributed by atoms with van der Waals surface area (Å²) in [4.78, 5) is 13.3. The van der Waals surface area contributed by atoms with Gasteiger partial charge < -0.3 is 11.1 Å². The maximum absolute atomic E-state index is 12.1. The van der Waals surface area contributed by atoms with Crippen molar-refractivity contribution in [3.63, 3.8) is 0 Å². The zero-order chi connectivity index (χ0) is 13.8. The fourth-order valence-corrected chi connectivity index (χ4v) is 2.91. The highest BCUT2D eigenvalue weighted by atomic mass is 35.5. The zero-order valence-electron chi connectivity index (χ0n) is 10.5. The highest BCUT2D eigenvalue weighted by Gasteiger charge is 2.11. The largest absolute Gasteiger partial charge is 0.399 e. The van der Waals surface area contributed by atoms with Crippen molar-refractivity contribution in [1.82, 2.24) is 5.32 Å². The van der Waals surface area contributed by atoms with Gasteiger partial charge in [-0.3, -0.25) is 4.79 Å². The number of hydrogen-bond donors (Lipinski definition) is 2. The van der Waals surface area contributed by atoms with Crippen LogP contribution in [-0.4, -0.2) is 11.9 Å². The molecule has 0 radical (unpaired) electrons. The molecule has 1 amide bonds. The minimum Gasteiger partial charge on any atom is -0.399 e. The molecule has 1 heterocycles. The van der Waals surface area contributed by atoms with Gasteiger partial charge in [0.1, 0.15) is 0 Å². The fourth-order valence-electron chi connectivity index (χ4n) is 1.83. The third-order valence-electron chi connectivity index (χ3n) is 2.65. The van der Waals surface area contributed by atoms with Gasteiger partial charge in [0.05, 0.1) is 0 Å². The Bertz CT molecular complexity index is 549. The van der Waals surface area contributed by atoms with E-state index in [4.69, 9.17) is 17.3 Å². The second kappa shape index (κ2) is 6.08. The Labute approximate surface area is 121 Å². The van der Waals surface area contributed by atoms with E-state index in [9.17, 15) is 4.79 Å². The quantitative estimate of drug-likeness (QED) is 0.850. The van der Waals surface area contributed by atoms with E-state index in [-0.39, 0.29) is 11.9 Å². The number of carbonyl (C=O) groups excluding carboxylic acids is 1. The summed E-state index contributed by atoms with van der Waals surface area (Å²) in [6.07, 6.45) is 0.819. The summed E-state index contributed by atoms with van der Waals surface area (Å²) >= 11 is 7.57. The first kappa shape index (κ1) is 13.9. The standard InChI is InChI=1S/C14H15ClN2OS/c1-9(5-13-3-2-4-19-13)17-14(18)10-6-11(15)8-12(16)7-10/h2-4,6-9H,5,16H2,1H3,(H,17,18). The van der Waals surface area contributed by atoms with Gasteiger partial charge in [-0.25, -0.2) is 0 Å². The van der Waals surface area contributed by atoms with Crippen LogP contribution in [0, 0.1) is 0 Å².